The summed E-state index contributed by atoms with van der Waals surface area (Å²) in [6.07, 6.45) is 5.78. The topological polar surface area (TPSA) is 97.6 Å². The van der Waals surface area contributed by atoms with E-state index in [0.29, 0.717) is 18.3 Å². The minimum absolute atomic E-state index is 0.255. The van der Waals surface area contributed by atoms with Gasteiger partial charge in [-0.2, -0.15) is 0 Å². The number of fused-ring (bicyclic) bond motifs is 2. The summed E-state index contributed by atoms with van der Waals surface area (Å²) in [5.74, 6) is -0.344. The first kappa shape index (κ1) is 24.0. The van der Waals surface area contributed by atoms with Crippen LogP contribution in [0, 0.1) is 23.7 Å². The SMILES string of the molecule is CC(CC1C(C)(O)OC1(O)O)C1CCC(C(c2ccc3c(c2)CCO3)c2ccc3c(c2)OCO3)CC1. The van der Waals surface area contributed by atoms with Crippen LogP contribution in [0.5, 0.6) is 17.2 Å². The fourth-order valence-corrected chi connectivity index (χ4v) is 6.96. The Hall–Kier alpha value is -2.32. The predicted molar refractivity (Wildman–Crippen MR) is 132 cm³/mol. The van der Waals surface area contributed by atoms with Crippen molar-refractivity contribution in [3.8, 4) is 17.2 Å². The third-order valence-corrected chi connectivity index (χ3v) is 8.99. The van der Waals surface area contributed by atoms with Crippen LogP contribution >= 0.6 is 0 Å². The maximum atomic E-state index is 10.3. The fraction of sp³-hybridized carbons (Fsp3) is 0.586. The minimum atomic E-state index is -2.24. The molecule has 1 saturated heterocycles. The highest BCUT2D eigenvalue weighted by Gasteiger charge is 2.62. The third-order valence-electron chi connectivity index (χ3n) is 8.99. The van der Waals surface area contributed by atoms with Crippen molar-refractivity contribution in [1.29, 1.82) is 0 Å². The molecule has 4 atom stereocenters. The molecule has 2 fully saturated rings. The molecule has 0 bridgehead atoms. The van der Waals surface area contributed by atoms with Gasteiger partial charge in [0.05, 0.1) is 12.5 Å². The maximum Gasteiger partial charge on any atom is 0.288 e. The van der Waals surface area contributed by atoms with Gasteiger partial charge in [0.15, 0.2) is 17.3 Å². The lowest BCUT2D eigenvalue weighted by atomic mass is 9.67. The van der Waals surface area contributed by atoms with Crippen LogP contribution in [0.15, 0.2) is 36.4 Å². The maximum absolute atomic E-state index is 10.3. The van der Waals surface area contributed by atoms with Gasteiger partial charge >= 0.3 is 0 Å². The van der Waals surface area contributed by atoms with Crippen LogP contribution in [0.4, 0.5) is 0 Å². The van der Waals surface area contributed by atoms with Crippen molar-refractivity contribution >= 4 is 0 Å². The van der Waals surface area contributed by atoms with E-state index in [1.54, 1.807) is 0 Å². The normalized spacial score (nSPS) is 31.8. The Bertz CT molecular complexity index is 1050. The first-order chi connectivity index (χ1) is 17.2. The van der Waals surface area contributed by atoms with Gasteiger partial charge in [-0.05, 0) is 91.7 Å². The molecule has 3 aliphatic heterocycles. The van der Waals surface area contributed by atoms with Crippen molar-refractivity contribution in [3.05, 3.63) is 53.1 Å². The summed E-state index contributed by atoms with van der Waals surface area (Å²) in [4.78, 5) is 0. The van der Waals surface area contributed by atoms with Gasteiger partial charge in [0, 0.05) is 12.3 Å². The van der Waals surface area contributed by atoms with Crippen LogP contribution in [0.1, 0.15) is 68.6 Å². The molecule has 4 aliphatic rings. The molecule has 0 spiro atoms. The van der Waals surface area contributed by atoms with Gasteiger partial charge < -0.3 is 29.5 Å². The molecule has 2 aromatic carbocycles. The number of ether oxygens (including phenoxy) is 4. The van der Waals surface area contributed by atoms with Gasteiger partial charge in [-0.1, -0.05) is 25.1 Å². The van der Waals surface area contributed by atoms with E-state index in [1.807, 2.05) is 6.07 Å². The fourth-order valence-electron chi connectivity index (χ4n) is 6.96. The quantitative estimate of drug-likeness (QED) is 0.513. The smallest absolute Gasteiger partial charge is 0.288 e. The van der Waals surface area contributed by atoms with E-state index < -0.39 is 17.7 Å². The van der Waals surface area contributed by atoms with E-state index in [1.165, 1.54) is 23.6 Å². The second-order valence-electron chi connectivity index (χ2n) is 11.3. The Morgan fingerprint density at radius 1 is 0.861 bits per heavy atom. The van der Waals surface area contributed by atoms with Crippen molar-refractivity contribution < 1.29 is 34.3 Å². The van der Waals surface area contributed by atoms with Crippen LogP contribution in [-0.4, -0.2) is 40.5 Å². The molecular weight excluding hydrogens is 460 g/mol. The summed E-state index contributed by atoms with van der Waals surface area (Å²) in [6, 6.07) is 13.0. The highest BCUT2D eigenvalue weighted by molar-refractivity contribution is 5.49. The highest BCUT2D eigenvalue weighted by atomic mass is 16.8. The summed E-state index contributed by atoms with van der Waals surface area (Å²) < 4.78 is 21.9. The Morgan fingerprint density at radius 3 is 2.25 bits per heavy atom. The Balaban J connectivity index is 1.20. The lowest BCUT2D eigenvalue weighted by molar-refractivity contribution is -0.544. The van der Waals surface area contributed by atoms with Crippen LogP contribution in [0.25, 0.3) is 0 Å². The first-order valence-electron chi connectivity index (χ1n) is 13.2. The van der Waals surface area contributed by atoms with E-state index >= 15 is 0 Å². The predicted octanol–water partition coefficient (Wildman–Crippen LogP) is 4.31. The summed E-state index contributed by atoms with van der Waals surface area (Å²) in [6.45, 7) is 4.68. The molecule has 0 aromatic heterocycles. The molecule has 7 nitrogen and oxygen atoms in total. The van der Waals surface area contributed by atoms with Gasteiger partial charge in [-0.3, -0.25) is 4.74 Å². The van der Waals surface area contributed by atoms with Gasteiger partial charge in [0.2, 0.25) is 6.79 Å². The van der Waals surface area contributed by atoms with Gasteiger partial charge in [-0.15, -0.1) is 0 Å². The Labute approximate surface area is 212 Å². The number of benzene rings is 2. The van der Waals surface area contributed by atoms with E-state index in [2.05, 4.69) is 37.3 Å². The summed E-state index contributed by atoms with van der Waals surface area (Å²) in [5.41, 5.74) is 3.86. The van der Waals surface area contributed by atoms with Crippen LogP contribution in [-0.2, 0) is 11.2 Å². The van der Waals surface area contributed by atoms with Gasteiger partial charge in [-0.25, -0.2) is 0 Å². The van der Waals surface area contributed by atoms with Crippen molar-refractivity contribution in [2.75, 3.05) is 13.4 Å². The number of hydrogen-bond donors (Lipinski definition) is 3. The standard InChI is InChI=1S/C29H36O7/c1-17(13-26-28(2,30)36-29(26,31)32)18-3-5-19(6-4-18)27(21-7-9-23-20(14-21)11-12-33-23)22-8-10-24-25(15-22)35-16-34-24/h7-10,14-15,17-19,26-27,30-32H,3-6,11-13,16H2,1-2H3. The van der Waals surface area contributed by atoms with Crippen LogP contribution in [0.2, 0.25) is 0 Å². The average Bonchev–Trinajstić information content (AvgIpc) is 3.51. The minimum Gasteiger partial charge on any atom is -0.493 e. The summed E-state index contributed by atoms with van der Waals surface area (Å²) >= 11 is 0. The van der Waals surface area contributed by atoms with E-state index in [-0.39, 0.29) is 18.6 Å². The lowest BCUT2D eigenvalue weighted by Gasteiger charge is -2.53. The molecule has 3 heterocycles. The first-order valence-corrected chi connectivity index (χ1v) is 13.2. The molecule has 1 saturated carbocycles. The van der Waals surface area contributed by atoms with E-state index in [4.69, 9.17) is 18.9 Å². The van der Waals surface area contributed by atoms with Crippen molar-refractivity contribution in [2.45, 2.75) is 70.1 Å². The van der Waals surface area contributed by atoms with E-state index in [9.17, 15) is 15.3 Å². The molecule has 194 valence electrons. The second-order valence-corrected chi connectivity index (χ2v) is 11.3. The molecular formula is C29H36O7. The van der Waals surface area contributed by atoms with Crippen LogP contribution in [0.3, 0.4) is 0 Å². The summed E-state index contributed by atoms with van der Waals surface area (Å²) in [7, 11) is 0. The molecule has 6 rings (SSSR count). The largest absolute Gasteiger partial charge is 0.493 e. The zero-order valence-electron chi connectivity index (χ0n) is 21.0. The Kier molecular flexibility index (Phi) is 5.95. The number of aliphatic hydroxyl groups is 3. The number of hydrogen-bond acceptors (Lipinski definition) is 7. The monoisotopic (exact) mass is 496 g/mol. The van der Waals surface area contributed by atoms with Gasteiger partial charge in [0.1, 0.15) is 5.75 Å². The van der Waals surface area contributed by atoms with Gasteiger partial charge in [0.25, 0.3) is 5.97 Å². The third kappa shape index (κ3) is 4.26. The Morgan fingerprint density at radius 2 is 1.53 bits per heavy atom. The molecule has 3 N–H and O–H groups in total. The highest BCUT2D eigenvalue weighted by Crippen LogP contribution is 2.50. The average molecular weight is 497 g/mol. The molecule has 0 radical (unpaired) electrons. The van der Waals surface area contributed by atoms with Crippen molar-refractivity contribution in [1.82, 2.24) is 0 Å². The number of rotatable bonds is 6. The van der Waals surface area contributed by atoms with E-state index in [0.717, 1.165) is 56.0 Å². The molecule has 4 unspecified atom stereocenters. The molecule has 2 aromatic rings. The van der Waals surface area contributed by atoms with Crippen molar-refractivity contribution in [2.24, 2.45) is 23.7 Å². The zero-order chi connectivity index (χ0) is 25.1. The summed E-state index contributed by atoms with van der Waals surface area (Å²) in [5, 5.41) is 30.3. The molecule has 0 amide bonds. The van der Waals surface area contributed by atoms with Crippen LogP contribution < -0.4 is 14.2 Å². The lowest BCUT2D eigenvalue weighted by Crippen LogP contribution is -2.67. The second kappa shape index (κ2) is 8.91. The van der Waals surface area contributed by atoms with Crippen molar-refractivity contribution in [3.63, 3.8) is 0 Å². The molecule has 36 heavy (non-hydrogen) atoms. The zero-order valence-corrected chi connectivity index (χ0v) is 21.0. The molecule has 1 aliphatic carbocycles. The molecule has 7 heteroatoms.